The maximum Gasteiger partial charge on any atom is 0.412 e. The van der Waals surface area contributed by atoms with Crippen molar-refractivity contribution >= 4 is 48.3 Å². The molecule has 0 saturated carbocycles. The highest BCUT2D eigenvalue weighted by Gasteiger charge is 2.21. The van der Waals surface area contributed by atoms with Gasteiger partial charge >= 0.3 is 48.3 Å². The van der Waals surface area contributed by atoms with E-state index >= 15 is 0 Å². The lowest BCUT2D eigenvalue weighted by Gasteiger charge is -2.27. The fourth-order valence-corrected chi connectivity index (χ4v) is 2.36. The first-order chi connectivity index (χ1) is 19.8. The number of hydrogen-bond donors (Lipinski definition) is 2. The van der Waals surface area contributed by atoms with E-state index in [1.807, 2.05) is 0 Å². The molecule has 0 aliphatic rings. The zero-order chi connectivity index (χ0) is 31.9. The Kier molecular flexibility index (Phi) is 19.1. The minimum atomic E-state index is -0.994. The average Bonchev–Trinajstić information content (AvgIpc) is 2.88. The van der Waals surface area contributed by atoms with Gasteiger partial charge in [0, 0.05) is 67.0 Å². The van der Waals surface area contributed by atoms with Gasteiger partial charge in [-0.05, 0) is 0 Å². The predicted molar refractivity (Wildman–Crippen MR) is 132 cm³/mol. The average molecular weight is 611 g/mol. The Balaban J connectivity index is 5.21. The third-order valence-corrected chi connectivity index (χ3v) is 4.25. The summed E-state index contributed by atoms with van der Waals surface area (Å²) in [4.78, 5) is 93.9. The highest BCUT2D eigenvalue weighted by molar-refractivity contribution is 5.71. The van der Waals surface area contributed by atoms with Crippen LogP contribution < -0.4 is 10.6 Å². The van der Waals surface area contributed by atoms with Gasteiger partial charge in [0.2, 0.25) is 27.2 Å². The van der Waals surface area contributed by atoms with Crippen molar-refractivity contribution < 1.29 is 76.3 Å². The summed E-state index contributed by atoms with van der Waals surface area (Å²) in [6.07, 6.45) is -3.92. The van der Waals surface area contributed by atoms with Crippen molar-refractivity contribution in [2.45, 2.75) is 27.7 Å². The van der Waals surface area contributed by atoms with E-state index in [-0.39, 0.29) is 39.3 Å². The van der Waals surface area contributed by atoms with Crippen molar-refractivity contribution in [3.63, 3.8) is 0 Å². The number of esters is 4. The highest BCUT2D eigenvalue weighted by Crippen LogP contribution is 2.01. The van der Waals surface area contributed by atoms with E-state index in [2.05, 4.69) is 39.1 Å². The van der Waals surface area contributed by atoms with E-state index in [0.29, 0.717) is 0 Å². The molecule has 0 rings (SSSR count). The van der Waals surface area contributed by atoms with Crippen molar-refractivity contribution in [3.8, 4) is 0 Å². The Bertz CT molecular complexity index is 869. The van der Waals surface area contributed by atoms with E-state index in [4.69, 9.17) is 9.47 Å². The van der Waals surface area contributed by atoms with Crippen LogP contribution in [-0.4, -0.2) is 124 Å². The van der Waals surface area contributed by atoms with Gasteiger partial charge in [-0.15, -0.1) is 0 Å². The van der Waals surface area contributed by atoms with Crippen molar-refractivity contribution in [3.05, 3.63) is 0 Å². The van der Waals surface area contributed by atoms with Gasteiger partial charge in [0.15, 0.2) is 0 Å². The van der Waals surface area contributed by atoms with E-state index in [1.165, 1.54) is 0 Å². The predicted octanol–water partition coefficient (Wildman–Crippen LogP) is -0.602. The maximum absolute atomic E-state index is 12.5. The Morgan fingerprint density at radius 1 is 0.429 bits per heavy atom. The first-order valence-electron chi connectivity index (χ1n) is 12.0. The molecule has 2 N–H and O–H groups in total. The van der Waals surface area contributed by atoms with Crippen LogP contribution in [0, 0.1) is 0 Å². The topological polar surface area (TPSA) is 241 Å². The zero-order valence-electron chi connectivity index (χ0n) is 23.5. The van der Waals surface area contributed by atoms with Crippen LogP contribution in [0.2, 0.25) is 0 Å². The van der Waals surface area contributed by atoms with Gasteiger partial charge in [-0.2, -0.15) is 0 Å². The van der Waals surface area contributed by atoms with E-state index < -0.39 is 75.4 Å². The zero-order valence-corrected chi connectivity index (χ0v) is 23.5. The lowest BCUT2D eigenvalue weighted by Crippen LogP contribution is -2.46. The number of nitrogens with one attached hydrogen (secondary N) is 2. The molecule has 0 atom stereocenters. The number of hydrogen-bond acceptors (Lipinski definition) is 16. The second-order valence-corrected chi connectivity index (χ2v) is 7.53. The summed E-state index contributed by atoms with van der Waals surface area (Å²) in [6.45, 7) is 0.493. The van der Waals surface area contributed by atoms with Crippen LogP contribution in [0.25, 0.3) is 0 Å². The molecule has 0 saturated heterocycles. The smallest absolute Gasteiger partial charge is 0.412 e. The summed E-state index contributed by atoms with van der Waals surface area (Å²) in [5, 5.41) is 4.60. The van der Waals surface area contributed by atoms with Crippen molar-refractivity contribution in [2.24, 2.45) is 0 Å². The number of amides is 4. The lowest BCUT2D eigenvalue weighted by molar-refractivity contribution is -0.151. The van der Waals surface area contributed by atoms with Gasteiger partial charge in [-0.1, -0.05) is 0 Å². The molecule has 0 fully saturated rings. The molecule has 0 spiro atoms. The summed E-state index contributed by atoms with van der Waals surface area (Å²) in [5.74, 6) is -2.77. The Labute approximate surface area is 239 Å². The largest absolute Gasteiger partial charge is 0.428 e. The molecule has 0 aromatic carbocycles. The summed E-state index contributed by atoms with van der Waals surface area (Å²) >= 11 is 0. The molecule has 0 aliphatic carbocycles. The number of carbonyl (C=O) groups is 8. The number of carbonyl (C=O) groups excluding carboxylic acids is 8. The van der Waals surface area contributed by atoms with Crippen molar-refractivity contribution in [2.75, 3.05) is 66.4 Å². The molecule has 20 nitrogen and oxygen atoms in total. The van der Waals surface area contributed by atoms with Gasteiger partial charge < -0.3 is 58.3 Å². The Morgan fingerprint density at radius 2 is 0.714 bits per heavy atom. The molecule has 0 aromatic heterocycles. The Hall–Kier alpha value is -5.04. The van der Waals surface area contributed by atoms with Crippen LogP contribution in [0.3, 0.4) is 0 Å². The summed E-state index contributed by atoms with van der Waals surface area (Å²) < 4.78 is 37.0. The molecule has 0 bridgehead atoms. The third-order valence-electron chi connectivity index (χ3n) is 4.25. The Morgan fingerprint density at radius 3 is 1.00 bits per heavy atom. The minimum absolute atomic E-state index is 0.186. The molecule has 0 unspecified atom stereocenters. The van der Waals surface area contributed by atoms with E-state index in [0.717, 1.165) is 37.5 Å². The molecule has 0 aliphatic heterocycles. The molecule has 42 heavy (non-hydrogen) atoms. The standard InChI is InChI=1S/C22H34N4O16/c1-15(27)35-11-39-19(31)23-5-7-25(21(33)41-13-37-17(3)29)9-10-26(22(34)42-14-38-18(4)30)8-6-24-20(32)40-12-36-16(2)28/h5-14H2,1-4H3,(H,23,31)(H,24,32). The van der Waals surface area contributed by atoms with Gasteiger partial charge in [-0.3, -0.25) is 19.2 Å². The third kappa shape index (κ3) is 20.9. The van der Waals surface area contributed by atoms with Crippen LogP contribution in [0.5, 0.6) is 0 Å². The molecular weight excluding hydrogens is 576 g/mol. The lowest BCUT2D eigenvalue weighted by atomic mass is 10.4. The number of nitrogens with zero attached hydrogens (tertiary/aromatic N) is 2. The molecule has 20 heteroatoms. The van der Waals surface area contributed by atoms with Crippen LogP contribution in [0.15, 0.2) is 0 Å². The summed E-state index contributed by atoms with van der Waals surface area (Å²) in [5.41, 5.74) is 0. The van der Waals surface area contributed by atoms with E-state index in [1.54, 1.807) is 0 Å². The van der Waals surface area contributed by atoms with Gasteiger partial charge in [0.05, 0.1) is 0 Å². The fraction of sp³-hybridized carbons (Fsp3) is 0.636. The fourth-order valence-electron chi connectivity index (χ4n) is 2.36. The first kappa shape index (κ1) is 37.0. The normalized spacial score (nSPS) is 9.71. The van der Waals surface area contributed by atoms with Gasteiger partial charge in [0.1, 0.15) is 0 Å². The maximum atomic E-state index is 12.5. The molecule has 4 amide bonds. The van der Waals surface area contributed by atoms with E-state index in [9.17, 15) is 38.4 Å². The molecule has 0 radical (unpaired) electrons. The van der Waals surface area contributed by atoms with Gasteiger partial charge in [-0.25, -0.2) is 19.2 Å². The van der Waals surface area contributed by atoms with Crippen LogP contribution in [0.4, 0.5) is 19.2 Å². The van der Waals surface area contributed by atoms with Gasteiger partial charge in [0.25, 0.3) is 0 Å². The van der Waals surface area contributed by atoms with Crippen molar-refractivity contribution in [1.82, 2.24) is 20.4 Å². The summed E-state index contributed by atoms with van der Waals surface area (Å²) in [7, 11) is 0. The number of ether oxygens (including phenoxy) is 8. The molecule has 0 aromatic rings. The summed E-state index contributed by atoms with van der Waals surface area (Å²) in [6, 6.07) is 0. The highest BCUT2D eigenvalue weighted by atomic mass is 16.7. The second kappa shape index (κ2) is 21.7. The van der Waals surface area contributed by atoms with Crippen LogP contribution in [0.1, 0.15) is 27.7 Å². The minimum Gasteiger partial charge on any atom is -0.428 e. The quantitative estimate of drug-likeness (QED) is 0.119. The molecular formula is C22H34N4O16. The molecule has 0 heterocycles. The number of rotatable bonds is 17. The SMILES string of the molecule is CC(=O)OCOC(=O)NCCN(CCN(CCNC(=O)OCOC(C)=O)C(=O)OCOC(C)=O)C(=O)OCOC(C)=O. The number of alkyl carbamates (subject to hydrolysis) is 2. The van der Waals surface area contributed by atoms with Crippen molar-refractivity contribution in [1.29, 1.82) is 0 Å². The monoisotopic (exact) mass is 610 g/mol. The second-order valence-electron chi connectivity index (χ2n) is 7.53. The molecule has 238 valence electrons. The first-order valence-corrected chi connectivity index (χ1v) is 12.0. The van der Waals surface area contributed by atoms with Crippen LogP contribution >= 0.6 is 0 Å². The van der Waals surface area contributed by atoms with Crippen LogP contribution in [-0.2, 0) is 57.1 Å².